The minimum absolute atomic E-state index is 0.421. The number of rotatable bonds is 10. The molecule has 0 fully saturated rings. The van der Waals surface area contributed by atoms with Gasteiger partial charge in [0.05, 0.1) is 34.1 Å². The van der Waals surface area contributed by atoms with Crippen LogP contribution in [0.1, 0.15) is 44.5 Å². The monoisotopic (exact) mass is 704 g/mol. The zero-order valence-electron chi connectivity index (χ0n) is 27.0. The predicted octanol–water partition coefficient (Wildman–Crippen LogP) is 11.7. The fourth-order valence-electron chi connectivity index (χ4n) is 6.26. The normalized spacial score (nSPS) is 10.7. The summed E-state index contributed by atoms with van der Waals surface area (Å²) in [5.74, 6) is 0. The number of benzene rings is 6. The molecule has 3 nitrogen and oxygen atoms in total. The van der Waals surface area contributed by atoms with Crippen LogP contribution in [-0.4, -0.2) is 4.21 Å². The van der Waals surface area contributed by atoms with Crippen LogP contribution in [0.3, 0.4) is 0 Å². The van der Waals surface area contributed by atoms with Crippen LogP contribution in [0.2, 0.25) is 10.0 Å². The third kappa shape index (κ3) is 7.25. The summed E-state index contributed by atoms with van der Waals surface area (Å²) in [7, 11) is -1.68. The number of nitriles is 2. The maximum atomic E-state index is 15.2. The molecule has 6 rings (SSSR count). The van der Waals surface area contributed by atoms with E-state index in [2.05, 4.69) is 25.3 Å². The Kier molecular flexibility index (Phi) is 10.6. The van der Waals surface area contributed by atoms with Gasteiger partial charge in [0.25, 0.3) is 0 Å². The van der Waals surface area contributed by atoms with Gasteiger partial charge in [-0.15, -0.1) is 0 Å². The van der Waals surface area contributed by atoms with E-state index in [9.17, 15) is 10.5 Å². The summed E-state index contributed by atoms with van der Waals surface area (Å²) in [5.41, 5.74) is 9.89. The van der Waals surface area contributed by atoms with E-state index in [1.54, 1.807) is 24.3 Å². The SMILES string of the molecule is C=Cc1ccc(Cl)cc1-c1cccc(S(=O)c2cccc(-c3cc(Cl)ccc3C=C)c2Cc2cccc(C#N)c2)c1Cc1cccc(C#N)c1. The number of hydrogen-bond donors (Lipinski definition) is 0. The third-order valence-corrected chi connectivity index (χ3v) is 10.6. The number of nitrogens with zero attached hydrogens (tertiary/aromatic N) is 2. The van der Waals surface area contributed by atoms with Gasteiger partial charge in [0.2, 0.25) is 0 Å². The number of halogens is 2. The van der Waals surface area contributed by atoms with Crippen LogP contribution < -0.4 is 0 Å². The van der Waals surface area contributed by atoms with Crippen molar-refractivity contribution in [3.63, 3.8) is 0 Å². The highest BCUT2D eigenvalue weighted by molar-refractivity contribution is 7.85. The smallest absolute Gasteiger partial charge is 0.0991 e. The molecule has 0 saturated carbocycles. The molecule has 0 aromatic heterocycles. The molecule has 0 aliphatic rings. The van der Waals surface area contributed by atoms with Crippen molar-refractivity contribution in [1.82, 2.24) is 0 Å². The van der Waals surface area contributed by atoms with Gasteiger partial charge in [-0.3, -0.25) is 0 Å². The van der Waals surface area contributed by atoms with Crippen LogP contribution >= 0.6 is 23.2 Å². The molecule has 0 unspecified atom stereocenters. The van der Waals surface area contributed by atoms with Crippen molar-refractivity contribution in [3.05, 3.63) is 189 Å². The van der Waals surface area contributed by atoms with Gasteiger partial charge in [-0.1, -0.05) is 109 Å². The lowest BCUT2D eigenvalue weighted by Gasteiger charge is -2.20. The number of hydrogen-bond acceptors (Lipinski definition) is 3. The Morgan fingerprint density at radius 2 is 0.980 bits per heavy atom. The van der Waals surface area contributed by atoms with Gasteiger partial charge in [0.1, 0.15) is 0 Å². The fraction of sp³-hybridized carbons (Fsp3) is 0.0455. The molecule has 0 atom stereocenters. The van der Waals surface area contributed by atoms with Gasteiger partial charge in [-0.2, -0.15) is 10.5 Å². The van der Waals surface area contributed by atoms with E-state index in [4.69, 9.17) is 23.2 Å². The average Bonchev–Trinajstić information content (AvgIpc) is 3.15. The van der Waals surface area contributed by atoms with Gasteiger partial charge in [0, 0.05) is 19.8 Å². The van der Waals surface area contributed by atoms with Crippen LogP contribution in [0.25, 0.3) is 34.4 Å². The molecule has 6 aromatic carbocycles. The molecule has 6 aromatic rings. The maximum Gasteiger partial charge on any atom is 0.0991 e. The molecule has 6 heteroatoms. The van der Waals surface area contributed by atoms with Gasteiger partial charge in [-0.05, 0) is 129 Å². The first kappa shape index (κ1) is 34.4. The third-order valence-electron chi connectivity index (χ3n) is 8.59. The van der Waals surface area contributed by atoms with Gasteiger partial charge >= 0.3 is 0 Å². The zero-order valence-corrected chi connectivity index (χ0v) is 29.3. The van der Waals surface area contributed by atoms with Crippen LogP contribution in [0.15, 0.2) is 144 Å². The lowest BCUT2D eigenvalue weighted by molar-refractivity contribution is 0.681. The second kappa shape index (κ2) is 15.4. The van der Waals surface area contributed by atoms with Gasteiger partial charge in [0.15, 0.2) is 0 Å². The predicted molar refractivity (Wildman–Crippen MR) is 207 cm³/mol. The van der Waals surface area contributed by atoms with E-state index in [-0.39, 0.29) is 0 Å². The van der Waals surface area contributed by atoms with Crippen molar-refractivity contribution < 1.29 is 4.21 Å². The minimum atomic E-state index is -1.68. The quantitative estimate of drug-likeness (QED) is 0.142. The Morgan fingerprint density at radius 3 is 1.38 bits per heavy atom. The summed E-state index contributed by atoms with van der Waals surface area (Å²) in [4.78, 5) is 1.28. The highest BCUT2D eigenvalue weighted by Crippen LogP contribution is 2.39. The molecule has 0 bridgehead atoms. The highest BCUT2D eigenvalue weighted by atomic mass is 35.5. The zero-order chi connectivity index (χ0) is 35.2. The summed E-state index contributed by atoms with van der Waals surface area (Å²) in [6.07, 6.45) is 4.41. The van der Waals surface area contributed by atoms with Crippen molar-refractivity contribution >= 4 is 46.2 Å². The van der Waals surface area contributed by atoms with Crippen molar-refractivity contribution in [2.75, 3.05) is 0 Å². The average molecular weight is 706 g/mol. The molecule has 0 saturated heterocycles. The first-order valence-electron chi connectivity index (χ1n) is 15.8. The molecular weight excluding hydrogens is 675 g/mol. The van der Waals surface area contributed by atoms with E-state index in [0.29, 0.717) is 43.8 Å². The molecular formula is C44H30Cl2N2OS. The van der Waals surface area contributed by atoms with E-state index in [1.807, 2.05) is 109 Å². The maximum absolute atomic E-state index is 15.2. The van der Waals surface area contributed by atoms with Crippen LogP contribution in [-0.2, 0) is 23.6 Å². The second-order valence-corrected chi connectivity index (χ2v) is 14.0. The lowest BCUT2D eigenvalue weighted by Crippen LogP contribution is -2.07. The van der Waals surface area contributed by atoms with Crippen LogP contribution in [0, 0.1) is 22.7 Å². The second-order valence-electron chi connectivity index (χ2n) is 11.7. The van der Waals surface area contributed by atoms with Crippen LogP contribution in [0.5, 0.6) is 0 Å². The van der Waals surface area contributed by atoms with Gasteiger partial charge in [-0.25, -0.2) is 4.21 Å². The Morgan fingerprint density at radius 1 is 0.560 bits per heavy atom. The van der Waals surface area contributed by atoms with E-state index in [0.717, 1.165) is 55.6 Å². The Balaban J connectivity index is 1.61. The molecule has 50 heavy (non-hydrogen) atoms. The van der Waals surface area contributed by atoms with Crippen molar-refractivity contribution in [2.45, 2.75) is 22.6 Å². The molecule has 0 amide bonds. The van der Waals surface area contributed by atoms with Crippen LogP contribution in [0.4, 0.5) is 0 Å². The topological polar surface area (TPSA) is 64.7 Å². The van der Waals surface area contributed by atoms with Crippen molar-refractivity contribution in [2.24, 2.45) is 0 Å². The molecule has 0 aliphatic heterocycles. The molecule has 242 valence electrons. The summed E-state index contributed by atoms with van der Waals surface area (Å²) >= 11 is 13.1. The summed E-state index contributed by atoms with van der Waals surface area (Å²) in [6, 6.07) is 42.4. The summed E-state index contributed by atoms with van der Waals surface area (Å²) in [6.45, 7) is 8.07. The summed E-state index contributed by atoms with van der Waals surface area (Å²) < 4.78 is 15.2. The Hall–Kier alpha value is -5.49. The molecule has 0 radical (unpaired) electrons. The highest BCUT2D eigenvalue weighted by Gasteiger charge is 2.23. The molecule has 0 N–H and O–H groups in total. The molecule has 0 spiro atoms. The van der Waals surface area contributed by atoms with E-state index >= 15 is 4.21 Å². The van der Waals surface area contributed by atoms with Crippen molar-refractivity contribution in [1.29, 1.82) is 10.5 Å². The Bertz CT molecular complexity index is 2230. The fourth-order valence-corrected chi connectivity index (χ4v) is 8.05. The van der Waals surface area contributed by atoms with E-state index < -0.39 is 10.8 Å². The lowest BCUT2D eigenvalue weighted by atomic mass is 9.91. The van der Waals surface area contributed by atoms with Crippen molar-refractivity contribution in [3.8, 4) is 34.4 Å². The molecule has 0 heterocycles. The standard InChI is InChI=1S/C44H30Cl2N2OS/c1-3-33-17-19-35(45)25-39(33)37-13-7-15-43(41(37)23-29-9-5-11-31(21-29)27-47)50(49)44-16-8-14-38(40-26-36(46)20-18-34(40)4-2)42(44)24-30-10-6-12-32(22-30)28-48/h3-22,25-26H,1-2,23-24H2. The Labute approximate surface area is 305 Å². The molecule has 0 aliphatic carbocycles. The largest absolute Gasteiger partial charge is 0.249 e. The van der Waals surface area contributed by atoms with E-state index in [1.165, 1.54) is 0 Å². The first-order chi connectivity index (χ1) is 24.3. The van der Waals surface area contributed by atoms with Gasteiger partial charge < -0.3 is 0 Å². The first-order valence-corrected chi connectivity index (χ1v) is 17.7. The minimum Gasteiger partial charge on any atom is -0.249 e. The summed E-state index contributed by atoms with van der Waals surface area (Å²) in [5, 5.41) is 20.5.